The molecule has 3 aromatic rings. The van der Waals surface area contributed by atoms with E-state index in [4.69, 9.17) is 16.3 Å². The van der Waals surface area contributed by atoms with Crippen molar-refractivity contribution in [3.05, 3.63) is 35.4 Å². The van der Waals surface area contributed by atoms with Gasteiger partial charge in [-0.15, -0.1) is 0 Å². The number of rotatable bonds is 6. The molecule has 8 heteroatoms. The van der Waals surface area contributed by atoms with Crippen LogP contribution in [0.25, 0.3) is 11.2 Å². The van der Waals surface area contributed by atoms with Gasteiger partial charge < -0.3 is 10.1 Å². The van der Waals surface area contributed by atoms with Gasteiger partial charge in [0.25, 0.3) is 6.01 Å². The molecule has 0 saturated heterocycles. The van der Waals surface area contributed by atoms with Crippen LogP contribution in [0.4, 0.5) is 5.82 Å². The van der Waals surface area contributed by atoms with Crippen molar-refractivity contribution >= 4 is 28.6 Å². The largest absolute Gasteiger partial charge is 0.465 e. The van der Waals surface area contributed by atoms with Gasteiger partial charge >= 0.3 is 0 Å². The number of ether oxygens (including phenoxy) is 1. The third kappa shape index (κ3) is 3.34. The quantitative estimate of drug-likeness (QED) is 0.699. The van der Waals surface area contributed by atoms with Gasteiger partial charge in [-0.2, -0.15) is 15.0 Å². The van der Waals surface area contributed by atoms with E-state index in [0.717, 1.165) is 17.5 Å². The summed E-state index contributed by atoms with van der Waals surface area (Å²) in [6.45, 7) is 3.24. The first-order valence-corrected chi connectivity index (χ1v) is 7.72. The summed E-state index contributed by atoms with van der Waals surface area (Å²) in [6, 6.07) is 4.38. The first-order valence-electron chi connectivity index (χ1n) is 7.34. The predicted molar refractivity (Wildman–Crippen MR) is 88.7 cm³/mol. The summed E-state index contributed by atoms with van der Waals surface area (Å²) in [4.78, 5) is 16.8. The molecule has 3 heterocycles. The van der Waals surface area contributed by atoms with E-state index in [1.165, 1.54) is 0 Å². The van der Waals surface area contributed by atoms with Gasteiger partial charge in [-0.3, -0.25) is 9.55 Å². The van der Waals surface area contributed by atoms with E-state index in [1.54, 1.807) is 12.4 Å². The highest BCUT2D eigenvalue weighted by Crippen LogP contribution is 2.26. The maximum absolute atomic E-state index is 6.01. The molecule has 3 rings (SSSR count). The van der Waals surface area contributed by atoms with Gasteiger partial charge in [-0.25, -0.2) is 0 Å². The maximum Gasteiger partial charge on any atom is 0.298 e. The molecule has 23 heavy (non-hydrogen) atoms. The molecule has 0 fully saturated rings. The zero-order valence-electron chi connectivity index (χ0n) is 13.0. The SMILES string of the molecule is CCCOc1nc2nc(Cl)nc(NCc3ccncc3)c2n1C. The highest BCUT2D eigenvalue weighted by molar-refractivity contribution is 6.28. The van der Waals surface area contributed by atoms with Crippen molar-refractivity contribution in [1.82, 2.24) is 24.5 Å². The molecule has 0 aliphatic carbocycles. The van der Waals surface area contributed by atoms with Crippen molar-refractivity contribution in [2.24, 2.45) is 7.05 Å². The second-order valence-electron chi connectivity index (χ2n) is 5.02. The van der Waals surface area contributed by atoms with Gasteiger partial charge in [0.2, 0.25) is 5.28 Å². The molecule has 0 bridgehead atoms. The molecule has 3 aromatic heterocycles. The summed E-state index contributed by atoms with van der Waals surface area (Å²) in [7, 11) is 1.87. The van der Waals surface area contributed by atoms with Crippen LogP contribution in [-0.2, 0) is 13.6 Å². The molecule has 0 aliphatic heterocycles. The van der Waals surface area contributed by atoms with E-state index in [2.05, 4.69) is 25.3 Å². The molecular formula is C15H17ClN6O. The number of anilines is 1. The van der Waals surface area contributed by atoms with Crippen molar-refractivity contribution in [2.75, 3.05) is 11.9 Å². The third-order valence-electron chi connectivity index (χ3n) is 3.31. The molecule has 0 atom stereocenters. The smallest absolute Gasteiger partial charge is 0.298 e. The monoisotopic (exact) mass is 332 g/mol. The third-order valence-corrected chi connectivity index (χ3v) is 3.48. The molecule has 0 saturated carbocycles. The van der Waals surface area contributed by atoms with Gasteiger partial charge in [0.1, 0.15) is 5.52 Å². The lowest BCUT2D eigenvalue weighted by atomic mass is 10.3. The number of aromatic nitrogens is 5. The molecule has 0 spiro atoms. The molecule has 0 amide bonds. The lowest BCUT2D eigenvalue weighted by molar-refractivity contribution is 0.284. The van der Waals surface area contributed by atoms with Gasteiger partial charge in [0.15, 0.2) is 11.5 Å². The summed E-state index contributed by atoms with van der Waals surface area (Å²) in [6.07, 6.45) is 4.41. The summed E-state index contributed by atoms with van der Waals surface area (Å²) < 4.78 is 7.46. The Hall–Kier alpha value is -2.41. The fraction of sp³-hybridized carbons (Fsp3) is 0.333. The molecule has 0 radical (unpaired) electrons. The van der Waals surface area contributed by atoms with E-state index in [1.807, 2.05) is 30.7 Å². The van der Waals surface area contributed by atoms with E-state index in [9.17, 15) is 0 Å². The van der Waals surface area contributed by atoms with Crippen molar-refractivity contribution in [1.29, 1.82) is 0 Å². The molecule has 7 nitrogen and oxygen atoms in total. The molecular weight excluding hydrogens is 316 g/mol. The second kappa shape index (κ2) is 6.78. The minimum Gasteiger partial charge on any atom is -0.465 e. The average molecular weight is 333 g/mol. The Bertz CT molecular complexity index is 805. The predicted octanol–water partition coefficient (Wildman–Crippen LogP) is 2.81. The second-order valence-corrected chi connectivity index (χ2v) is 5.36. The number of hydrogen-bond donors (Lipinski definition) is 1. The molecule has 0 aromatic carbocycles. The number of halogens is 1. The van der Waals surface area contributed by atoms with Crippen LogP contribution in [0.1, 0.15) is 18.9 Å². The molecule has 0 unspecified atom stereocenters. The van der Waals surface area contributed by atoms with Crippen molar-refractivity contribution in [3.8, 4) is 6.01 Å². The van der Waals surface area contributed by atoms with Gasteiger partial charge in [0.05, 0.1) is 6.61 Å². The van der Waals surface area contributed by atoms with E-state index in [0.29, 0.717) is 30.6 Å². The number of imidazole rings is 1. The first-order chi connectivity index (χ1) is 11.2. The van der Waals surface area contributed by atoms with Crippen LogP contribution in [0.5, 0.6) is 6.01 Å². The Morgan fingerprint density at radius 2 is 2.00 bits per heavy atom. The number of nitrogens with one attached hydrogen (secondary N) is 1. The molecule has 120 valence electrons. The van der Waals surface area contributed by atoms with Gasteiger partial charge in [-0.05, 0) is 35.7 Å². The minimum atomic E-state index is 0.148. The van der Waals surface area contributed by atoms with Gasteiger partial charge in [0, 0.05) is 26.0 Å². The number of aryl methyl sites for hydroxylation is 1. The summed E-state index contributed by atoms with van der Waals surface area (Å²) in [5.74, 6) is 0.623. The van der Waals surface area contributed by atoms with E-state index in [-0.39, 0.29) is 5.28 Å². The summed E-state index contributed by atoms with van der Waals surface area (Å²) >= 11 is 6.01. The molecule has 1 N–H and O–H groups in total. The minimum absolute atomic E-state index is 0.148. The van der Waals surface area contributed by atoms with E-state index < -0.39 is 0 Å². The standard InChI is InChI=1S/C15H17ClN6O/c1-3-8-23-15-21-13-11(22(15)2)12(19-14(16)20-13)18-9-10-4-6-17-7-5-10/h4-7H,3,8-9H2,1-2H3,(H,18,19,20). The van der Waals surface area contributed by atoms with Crippen LogP contribution in [0.2, 0.25) is 5.28 Å². The maximum atomic E-state index is 6.01. The van der Waals surface area contributed by atoms with Crippen LogP contribution in [0, 0.1) is 0 Å². The molecule has 0 aliphatic rings. The highest BCUT2D eigenvalue weighted by Gasteiger charge is 2.16. The highest BCUT2D eigenvalue weighted by atomic mass is 35.5. The van der Waals surface area contributed by atoms with Crippen LogP contribution in [0.15, 0.2) is 24.5 Å². The Morgan fingerprint density at radius 3 is 2.74 bits per heavy atom. The normalized spacial score (nSPS) is 10.9. The average Bonchev–Trinajstić information content (AvgIpc) is 2.87. The summed E-state index contributed by atoms with van der Waals surface area (Å²) in [5.41, 5.74) is 2.36. The van der Waals surface area contributed by atoms with Crippen LogP contribution < -0.4 is 10.1 Å². The van der Waals surface area contributed by atoms with E-state index >= 15 is 0 Å². The zero-order valence-corrected chi connectivity index (χ0v) is 13.7. The lowest BCUT2D eigenvalue weighted by Gasteiger charge is -2.08. The van der Waals surface area contributed by atoms with Crippen molar-refractivity contribution in [2.45, 2.75) is 19.9 Å². The first kappa shape index (κ1) is 15.5. The lowest BCUT2D eigenvalue weighted by Crippen LogP contribution is -2.06. The Labute approximate surface area is 138 Å². The Kier molecular flexibility index (Phi) is 4.57. The van der Waals surface area contributed by atoms with Crippen LogP contribution in [-0.4, -0.2) is 31.1 Å². The van der Waals surface area contributed by atoms with Crippen LogP contribution in [0.3, 0.4) is 0 Å². The number of fused-ring (bicyclic) bond motifs is 1. The number of nitrogens with zero attached hydrogens (tertiary/aromatic N) is 5. The summed E-state index contributed by atoms with van der Waals surface area (Å²) in [5, 5.41) is 3.42. The number of pyridine rings is 1. The number of hydrogen-bond acceptors (Lipinski definition) is 6. The fourth-order valence-electron chi connectivity index (χ4n) is 2.20. The van der Waals surface area contributed by atoms with Crippen molar-refractivity contribution in [3.63, 3.8) is 0 Å². The van der Waals surface area contributed by atoms with Crippen molar-refractivity contribution < 1.29 is 4.74 Å². The van der Waals surface area contributed by atoms with Gasteiger partial charge in [-0.1, -0.05) is 6.92 Å². The fourth-order valence-corrected chi connectivity index (χ4v) is 2.36. The topological polar surface area (TPSA) is 77.8 Å². The van der Waals surface area contributed by atoms with Crippen LogP contribution >= 0.6 is 11.6 Å². The zero-order chi connectivity index (χ0) is 16.2. The Morgan fingerprint density at radius 1 is 1.22 bits per heavy atom. The Balaban J connectivity index is 1.93.